The molecule has 9 nitrogen and oxygen atoms in total. The van der Waals surface area contributed by atoms with E-state index in [0.717, 1.165) is 23.2 Å². The van der Waals surface area contributed by atoms with E-state index in [1.807, 2.05) is 13.0 Å². The predicted octanol–water partition coefficient (Wildman–Crippen LogP) is -0.248. The van der Waals surface area contributed by atoms with Gasteiger partial charge in [0.05, 0.1) is 6.20 Å². The second-order valence-corrected chi connectivity index (χ2v) is 3.84. The van der Waals surface area contributed by atoms with Crippen molar-refractivity contribution in [3.05, 3.63) is 18.0 Å². The number of nitrogens with zero attached hydrogens (tertiary/aromatic N) is 3. The third-order valence-corrected chi connectivity index (χ3v) is 2.25. The molecule has 0 radical (unpaired) electrons. The van der Waals surface area contributed by atoms with Gasteiger partial charge in [-0.3, -0.25) is 0 Å². The van der Waals surface area contributed by atoms with Gasteiger partial charge in [0.1, 0.15) is 5.69 Å². The zero-order chi connectivity index (χ0) is 14.3. The van der Waals surface area contributed by atoms with Gasteiger partial charge >= 0.3 is 12.1 Å². The Balaban J connectivity index is 2.43. The highest BCUT2D eigenvalue weighted by molar-refractivity contribution is 5.79. The largest absolute Gasteiger partial charge is 0.352 e. The summed E-state index contributed by atoms with van der Waals surface area (Å²) < 4.78 is 0. The van der Waals surface area contributed by atoms with Crippen LogP contribution in [0.2, 0.25) is 0 Å². The molecule has 0 saturated carbocycles. The number of allylic oxidation sites excluding steroid dienone is 2. The molecule has 0 unspecified atom stereocenters. The molecule has 1 heterocycles. The van der Waals surface area contributed by atoms with E-state index in [0.29, 0.717) is 12.2 Å². The van der Waals surface area contributed by atoms with Gasteiger partial charge in [-0.25, -0.2) is 15.0 Å². The Morgan fingerprint density at radius 2 is 2.16 bits per heavy atom. The fourth-order valence-electron chi connectivity index (χ4n) is 1.35. The molecule has 104 valence electrons. The maximum absolute atomic E-state index is 10.6. The van der Waals surface area contributed by atoms with Gasteiger partial charge in [0.25, 0.3) is 0 Å². The van der Waals surface area contributed by atoms with E-state index in [9.17, 15) is 9.59 Å². The molecule has 0 saturated heterocycles. The van der Waals surface area contributed by atoms with Crippen molar-refractivity contribution in [2.45, 2.75) is 19.8 Å². The number of hydrogen-bond donors (Lipinski definition) is 4. The Bertz CT molecular complexity index is 480. The Hall–Kier alpha value is -2.58. The van der Waals surface area contributed by atoms with E-state index in [2.05, 4.69) is 21.1 Å². The SMILES string of the molecule is C/C(=C/CCCNC(N)=O)c1cn(NC(N)=O)nn1. The van der Waals surface area contributed by atoms with Crippen LogP contribution in [-0.4, -0.2) is 33.7 Å². The Morgan fingerprint density at radius 1 is 1.42 bits per heavy atom. The van der Waals surface area contributed by atoms with Gasteiger partial charge in [0, 0.05) is 6.54 Å². The molecule has 0 aliphatic rings. The lowest BCUT2D eigenvalue weighted by atomic mass is 10.1. The highest BCUT2D eigenvalue weighted by atomic mass is 16.2. The maximum Gasteiger partial charge on any atom is 0.332 e. The standard InChI is InChI=1S/C10H17N7O2/c1-7(4-2-3-5-13-9(11)18)8-6-17(16-14-8)15-10(12)19/h4,6H,2-3,5H2,1H3,(H3,11,13,18)(H3,12,15,19)/b7-4-. The van der Waals surface area contributed by atoms with Gasteiger partial charge in [-0.05, 0) is 30.6 Å². The summed E-state index contributed by atoms with van der Waals surface area (Å²) >= 11 is 0. The van der Waals surface area contributed by atoms with Crippen molar-refractivity contribution in [1.82, 2.24) is 20.4 Å². The molecule has 0 bridgehead atoms. The topological polar surface area (TPSA) is 141 Å². The summed E-state index contributed by atoms with van der Waals surface area (Å²) in [5.41, 5.74) is 13.7. The Labute approximate surface area is 110 Å². The first-order chi connectivity index (χ1) is 8.99. The molecule has 0 spiro atoms. The quantitative estimate of drug-likeness (QED) is 0.527. The summed E-state index contributed by atoms with van der Waals surface area (Å²) in [5, 5.41) is 10.1. The van der Waals surface area contributed by atoms with E-state index in [-0.39, 0.29) is 0 Å². The van der Waals surface area contributed by atoms with Crippen molar-refractivity contribution in [3.63, 3.8) is 0 Å². The minimum absolute atomic E-state index is 0.523. The first kappa shape index (κ1) is 14.5. The van der Waals surface area contributed by atoms with Crippen molar-refractivity contribution in [3.8, 4) is 0 Å². The summed E-state index contributed by atoms with van der Waals surface area (Å²) in [4.78, 5) is 22.2. The molecule has 6 N–H and O–H groups in total. The third-order valence-electron chi connectivity index (χ3n) is 2.25. The number of unbranched alkanes of at least 4 members (excludes halogenated alkanes) is 1. The summed E-state index contributed by atoms with van der Waals surface area (Å²) in [5.74, 6) is 0. The normalized spacial score (nSPS) is 11.1. The van der Waals surface area contributed by atoms with Crippen LogP contribution in [0.1, 0.15) is 25.5 Å². The van der Waals surface area contributed by atoms with Crippen LogP contribution in [0.25, 0.3) is 5.57 Å². The highest BCUT2D eigenvalue weighted by Gasteiger charge is 2.03. The second-order valence-electron chi connectivity index (χ2n) is 3.84. The van der Waals surface area contributed by atoms with Gasteiger partial charge < -0.3 is 16.8 Å². The number of carbonyl (C=O) groups excluding carboxylic acids is 2. The van der Waals surface area contributed by atoms with Crippen molar-refractivity contribution in [2.75, 3.05) is 12.0 Å². The zero-order valence-electron chi connectivity index (χ0n) is 10.6. The van der Waals surface area contributed by atoms with Crippen LogP contribution in [0.3, 0.4) is 0 Å². The van der Waals surface area contributed by atoms with Crippen LogP contribution < -0.4 is 22.2 Å². The first-order valence-electron chi connectivity index (χ1n) is 5.68. The molecule has 1 aromatic rings. The molecule has 0 aliphatic heterocycles. The molecule has 19 heavy (non-hydrogen) atoms. The van der Waals surface area contributed by atoms with E-state index >= 15 is 0 Å². The molecule has 0 aliphatic carbocycles. The predicted molar refractivity (Wildman–Crippen MR) is 69.4 cm³/mol. The third kappa shape index (κ3) is 5.52. The second kappa shape index (κ2) is 6.99. The van der Waals surface area contributed by atoms with E-state index in [1.165, 1.54) is 0 Å². The fraction of sp³-hybridized carbons (Fsp3) is 0.400. The maximum atomic E-state index is 10.6. The van der Waals surface area contributed by atoms with Gasteiger partial charge in [-0.1, -0.05) is 6.08 Å². The van der Waals surface area contributed by atoms with Crippen molar-refractivity contribution in [1.29, 1.82) is 0 Å². The molecule has 0 fully saturated rings. The number of carbonyl (C=O) groups is 2. The van der Waals surface area contributed by atoms with Crippen LogP contribution in [0.5, 0.6) is 0 Å². The lowest BCUT2D eigenvalue weighted by Gasteiger charge is -1.99. The molecular formula is C10H17N7O2. The molecule has 0 atom stereocenters. The molecule has 0 aromatic carbocycles. The Kier molecular flexibility index (Phi) is 5.33. The Morgan fingerprint density at radius 3 is 2.79 bits per heavy atom. The average Bonchev–Trinajstić information content (AvgIpc) is 2.75. The van der Waals surface area contributed by atoms with Crippen LogP contribution >= 0.6 is 0 Å². The highest BCUT2D eigenvalue weighted by Crippen LogP contribution is 2.10. The molecular weight excluding hydrogens is 250 g/mol. The summed E-state index contributed by atoms with van der Waals surface area (Å²) in [6.45, 7) is 2.40. The number of aromatic nitrogens is 3. The summed E-state index contributed by atoms with van der Waals surface area (Å²) in [6.07, 6.45) is 5.05. The lowest BCUT2D eigenvalue weighted by Crippen LogP contribution is -2.29. The lowest BCUT2D eigenvalue weighted by molar-refractivity contribution is 0.248. The van der Waals surface area contributed by atoms with Crippen molar-refractivity contribution < 1.29 is 9.59 Å². The minimum atomic E-state index is -0.712. The summed E-state index contributed by atoms with van der Waals surface area (Å²) in [7, 11) is 0. The van der Waals surface area contributed by atoms with Crippen molar-refractivity contribution in [2.24, 2.45) is 11.5 Å². The number of urea groups is 2. The molecule has 1 rings (SSSR count). The average molecular weight is 267 g/mol. The van der Waals surface area contributed by atoms with Crippen LogP contribution in [0.4, 0.5) is 9.59 Å². The van der Waals surface area contributed by atoms with E-state index < -0.39 is 12.1 Å². The summed E-state index contributed by atoms with van der Waals surface area (Å²) in [6, 6.07) is -1.24. The smallest absolute Gasteiger partial charge is 0.332 e. The van der Waals surface area contributed by atoms with Gasteiger partial charge in [-0.15, -0.1) is 5.10 Å². The zero-order valence-corrected chi connectivity index (χ0v) is 10.6. The number of amides is 4. The fourth-order valence-corrected chi connectivity index (χ4v) is 1.35. The number of primary amides is 2. The van der Waals surface area contributed by atoms with E-state index in [4.69, 9.17) is 11.5 Å². The molecule has 9 heteroatoms. The number of nitrogens with two attached hydrogens (primary N) is 2. The van der Waals surface area contributed by atoms with Gasteiger partial charge in [-0.2, -0.15) is 4.79 Å². The van der Waals surface area contributed by atoms with Crippen LogP contribution in [-0.2, 0) is 0 Å². The van der Waals surface area contributed by atoms with Gasteiger partial charge in [0.15, 0.2) is 0 Å². The number of hydrogen-bond acceptors (Lipinski definition) is 4. The first-order valence-corrected chi connectivity index (χ1v) is 5.68. The molecule has 1 aromatic heterocycles. The monoisotopic (exact) mass is 267 g/mol. The van der Waals surface area contributed by atoms with Crippen molar-refractivity contribution >= 4 is 17.6 Å². The van der Waals surface area contributed by atoms with Gasteiger partial charge in [0.2, 0.25) is 0 Å². The number of rotatable bonds is 6. The van der Waals surface area contributed by atoms with E-state index in [1.54, 1.807) is 6.20 Å². The minimum Gasteiger partial charge on any atom is -0.352 e. The molecule has 4 amide bonds. The number of nitrogens with one attached hydrogen (secondary N) is 2. The van der Waals surface area contributed by atoms with Crippen LogP contribution in [0.15, 0.2) is 12.3 Å². The van der Waals surface area contributed by atoms with Crippen LogP contribution in [0, 0.1) is 0 Å².